The van der Waals surface area contributed by atoms with Gasteiger partial charge in [-0.1, -0.05) is 0 Å². The highest BCUT2D eigenvalue weighted by molar-refractivity contribution is 9.10. The predicted molar refractivity (Wildman–Crippen MR) is 78.3 cm³/mol. The minimum absolute atomic E-state index is 0.0800. The van der Waals surface area contributed by atoms with Crippen LogP contribution in [0.15, 0.2) is 40.9 Å². The zero-order valence-corrected chi connectivity index (χ0v) is 12.1. The number of hydrogen-bond donors (Lipinski definition) is 1. The maximum Gasteiger partial charge on any atom is 0.271 e. The van der Waals surface area contributed by atoms with Crippen LogP contribution in [0.2, 0.25) is 0 Å². The Kier molecular flexibility index (Phi) is 4.09. The lowest BCUT2D eigenvalue weighted by atomic mass is 10.2. The SMILES string of the molecule is COc1ccc(Oc2ccc([N+](=O)[O-])cc2N)c(Br)c1. The monoisotopic (exact) mass is 338 g/mol. The van der Waals surface area contributed by atoms with E-state index in [-0.39, 0.29) is 11.4 Å². The van der Waals surface area contributed by atoms with Crippen LogP contribution >= 0.6 is 15.9 Å². The molecule has 0 aliphatic rings. The quantitative estimate of drug-likeness (QED) is 0.521. The zero-order chi connectivity index (χ0) is 14.7. The number of methoxy groups -OCH3 is 1. The van der Waals surface area contributed by atoms with Gasteiger partial charge in [0.05, 0.1) is 22.2 Å². The molecule has 7 heteroatoms. The number of hydrogen-bond acceptors (Lipinski definition) is 5. The molecule has 2 rings (SSSR count). The second kappa shape index (κ2) is 5.79. The van der Waals surface area contributed by atoms with Crippen LogP contribution in [0, 0.1) is 10.1 Å². The van der Waals surface area contributed by atoms with Crippen molar-refractivity contribution in [3.05, 3.63) is 51.0 Å². The summed E-state index contributed by atoms with van der Waals surface area (Å²) in [5, 5.41) is 10.6. The summed E-state index contributed by atoms with van der Waals surface area (Å²) in [6, 6.07) is 9.25. The molecule has 0 bridgehead atoms. The van der Waals surface area contributed by atoms with E-state index in [0.29, 0.717) is 21.7 Å². The summed E-state index contributed by atoms with van der Waals surface area (Å²) in [7, 11) is 1.57. The van der Waals surface area contributed by atoms with Crippen LogP contribution in [0.5, 0.6) is 17.2 Å². The Bertz CT molecular complexity index is 661. The molecule has 2 N–H and O–H groups in total. The summed E-state index contributed by atoms with van der Waals surface area (Å²) in [6.45, 7) is 0. The van der Waals surface area contributed by atoms with Crippen LogP contribution in [0.4, 0.5) is 11.4 Å². The first-order chi connectivity index (χ1) is 9.51. The van der Waals surface area contributed by atoms with Gasteiger partial charge in [0, 0.05) is 12.1 Å². The number of ether oxygens (including phenoxy) is 2. The molecule has 104 valence electrons. The van der Waals surface area contributed by atoms with Gasteiger partial charge in [0.2, 0.25) is 0 Å². The maximum absolute atomic E-state index is 10.6. The fourth-order valence-electron chi connectivity index (χ4n) is 1.55. The predicted octanol–water partition coefficient (Wildman–Crippen LogP) is 3.74. The van der Waals surface area contributed by atoms with Gasteiger partial charge in [0.25, 0.3) is 5.69 Å². The molecule has 0 aliphatic heterocycles. The summed E-state index contributed by atoms with van der Waals surface area (Å²) in [4.78, 5) is 10.1. The molecule has 2 aromatic rings. The molecule has 0 saturated carbocycles. The van der Waals surface area contributed by atoms with E-state index >= 15 is 0 Å². The number of anilines is 1. The number of halogens is 1. The molecule has 0 heterocycles. The first-order valence-electron chi connectivity index (χ1n) is 5.56. The van der Waals surface area contributed by atoms with Gasteiger partial charge in [0.1, 0.15) is 11.5 Å². The number of non-ortho nitro benzene ring substituents is 1. The topological polar surface area (TPSA) is 87.6 Å². The van der Waals surface area contributed by atoms with Crippen molar-refractivity contribution in [1.29, 1.82) is 0 Å². The maximum atomic E-state index is 10.6. The summed E-state index contributed by atoms with van der Waals surface area (Å²) < 4.78 is 11.4. The highest BCUT2D eigenvalue weighted by Crippen LogP contribution is 2.36. The third-order valence-electron chi connectivity index (χ3n) is 2.56. The highest BCUT2D eigenvalue weighted by Gasteiger charge is 2.11. The van der Waals surface area contributed by atoms with Gasteiger partial charge in [-0.05, 0) is 40.2 Å². The number of nitro benzene ring substituents is 1. The van der Waals surface area contributed by atoms with Gasteiger partial charge in [-0.15, -0.1) is 0 Å². The van der Waals surface area contributed by atoms with Gasteiger partial charge in [-0.3, -0.25) is 10.1 Å². The minimum Gasteiger partial charge on any atom is -0.497 e. The first-order valence-corrected chi connectivity index (χ1v) is 6.36. The Hall–Kier alpha value is -2.28. The number of nitrogen functional groups attached to an aromatic ring is 1. The number of nitrogens with two attached hydrogens (primary N) is 1. The average Bonchev–Trinajstić information content (AvgIpc) is 2.42. The van der Waals surface area contributed by atoms with Crippen LogP contribution in [0.25, 0.3) is 0 Å². The van der Waals surface area contributed by atoms with E-state index in [4.69, 9.17) is 15.2 Å². The molecule has 6 nitrogen and oxygen atoms in total. The Labute approximate surface area is 123 Å². The fraction of sp³-hybridized carbons (Fsp3) is 0.0769. The van der Waals surface area contributed by atoms with Gasteiger partial charge >= 0.3 is 0 Å². The van der Waals surface area contributed by atoms with Crippen molar-refractivity contribution in [2.75, 3.05) is 12.8 Å². The number of benzene rings is 2. The highest BCUT2D eigenvalue weighted by atomic mass is 79.9. The molecule has 0 saturated heterocycles. The molecule has 0 atom stereocenters. The average molecular weight is 339 g/mol. The van der Waals surface area contributed by atoms with Crippen molar-refractivity contribution in [3.8, 4) is 17.2 Å². The largest absolute Gasteiger partial charge is 0.497 e. The van der Waals surface area contributed by atoms with E-state index < -0.39 is 4.92 Å². The van der Waals surface area contributed by atoms with Crippen LogP contribution in [-0.2, 0) is 0 Å². The number of rotatable bonds is 4. The fourth-order valence-corrected chi connectivity index (χ4v) is 1.99. The van der Waals surface area contributed by atoms with Crippen molar-refractivity contribution < 1.29 is 14.4 Å². The molecular formula is C13H11BrN2O4. The Balaban J connectivity index is 2.28. The standard InChI is InChI=1S/C13H11BrN2O4/c1-19-9-3-5-12(10(14)7-9)20-13-4-2-8(16(17)18)6-11(13)15/h2-7H,15H2,1H3. The van der Waals surface area contributed by atoms with Crippen molar-refractivity contribution in [3.63, 3.8) is 0 Å². The molecule has 2 aromatic carbocycles. The first kappa shape index (κ1) is 14.1. The van der Waals surface area contributed by atoms with Crippen LogP contribution in [0.1, 0.15) is 0 Å². The zero-order valence-electron chi connectivity index (χ0n) is 10.5. The summed E-state index contributed by atoms with van der Waals surface area (Å²) in [6.07, 6.45) is 0. The molecular weight excluding hydrogens is 328 g/mol. The van der Waals surface area contributed by atoms with Crippen LogP contribution in [0.3, 0.4) is 0 Å². The van der Waals surface area contributed by atoms with Gasteiger partial charge < -0.3 is 15.2 Å². The molecule has 0 unspecified atom stereocenters. The third-order valence-corrected chi connectivity index (χ3v) is 3.18. The van der Waals surface area contributed by atoms with Crippen molar-refractivity contribution in [2.24, 2.45) is 0 Å². The number of nitrogens with zero attached hydrogens (tertiary/aromatic N) is 1. The van der Waals surface area contributed by atoms with Gasteiger partial charge in [0.15, 0.2) is 5.75 Å². The lowest BCUT2D eigenvalue weighted by molar-refractivity contribution is -0.384. The van der Waals surface area contributed by atoms with Gasteiger partial charge in [-0.25, -0.2) is 0 Å². The molecule has 0 amide bonds. The van der Waals surface area contributed by atoms with Crippen molar-refractivity contribution in [1.82, 2.24) is 0 Å². The molecule has 20 heavy (non-hydrogen) atoms. The molecule has 0 aromatic heterocycles. The summed E-state index contributed by atoms with van der Waals surface area (Å²) in [5.41, 5.74) is 5.86. The van der Waals surface area contributed by atoms with E-state index in [9.17, 15) is 10.1 Å². The lowest BCUT2D eigenvalue weighted by Crippen LogP contribution is -1.95. The Morgan fingerprint density at radius 1 is 1.20 bits per heavy atom. The minimum atomic E-state index is -0.510. The lowest BCUT2D eigenvalue weighted by Gasteiger charge is -2.10. The third kappa shape index (κ3) is 3.00. The van der Waals surface area contributed by atoms with E-state index in [1.165, 1.54) is 18.2 Å². The summed E-state index contributed by atoms with van der Waals surface area (Å²) in [5.74, 6) is 1.56. The van der Waals surface area contributed by atoms with Crippen LogP contribution < -0.4 is 15.2 Å². The van der Waals surface area contributed by atoms with E-state index in [2.05, 4.69) is 15.9 Å². The second-order valence-electron chi connectivity index (χ2n) is 3.88. The van der Waals surface area contributed by atoms with Crippen molar-refractivity contribution in [2.45, 2.75) is 0 Å². The second-order valence-corrected chi connectivity index (χ2v) is 4.73. The normalized spacial score (nSPS) is 10.1. The molecule has 0 spiro atoms. The Morgan fingerprint density at radius 2 is 1.90 bits per heavy atom. The van der Waals surface area contributed by atoms with E-state index in [0.717, 1.165) is 0 Å². The van der Waals surface area contributed by atoms with Crippen molar-refractivity contribution >= 4 is 27.3 Å². The van der Waals surface area contributed by atoms with Crippen LogP contribution in [-0.4, -0.2) is 12.0 Å². The smallest absolute Gasteiger partial charge is 0.271 e. The summed E-state index contributed by atoms with van der Waals surface area (Å²) >= 11 is 3.35. The molecule has 0 radical (unpaired) electrons. The Morgan fingerprint density at radius 3 is 2.45 bits per heavy atom. The van der Waals surface area contributed by atoms with E-state index in [1.54, 1.807) is 25.3 Å². The molecule has 0 fully saturated rings. The van der Waals surface area contributed by atoms with Gasteiger partial charge in [-0.2, -0.15) is 0 Å². The number of nitro groups is 1. The molecule has 0 aliphatic carbocycles. The van der Waals surface area contributed by atoms with E-state index in [1.807, 2.05) is 0 Å².